The number of halogens is 1. The Balaban J connectivity index is 2.21. The van der Waals surface area contributed by atoms with Crippen molar-refractivity contribution in [1.29, 1.82) is 0 Å². The molecular formula is C9H13BrN2. The van der Waals surface area contributed by atoms with Crippen molar-refractivity contribution in [3.8, 4) is 0 Å². The van der Waals surface area contributed by atoms with Crippen LogP contribution in [-0.2, 0) is 6.42 Å². The van der Waals surface area contributed by atoms with Crippen LogP contribution in [0.4, 0.5) is 0 Å². The van der Waals surface area contributed by atoms with Crippen molar-refractivity contribution >= 4 is 15.9 Å². The summed E-state index contributed by atoms with van der Waals surface area (Å²) in [5, 5.41) is 4.44. The molecule has 12 heavy (non-hydrogen) atoms. The molecule has 1 aromatic heterocycles. The Morgan fingerprint density at radius 2 is 2.42 bits per heavy atom. The lowest BCUT2D eigenvalue weighted by Crippen LogP contribution is -2.17. The van der Waals surface area contributed by atoms with Crippen LogP contribution in [0.15, 0.2) is 10.8 Å². The first-order chi connectivity index (χ1) is 5.81. The van der Waals surface area contributed by atoms with Gasteiger partial charge in [-0.15, -0.1) is 0 Å². The Bertz CT molecular complexity index is 276. The lowest BCUT2D eigenvalue weighted by Gasteiger charge is -2.25. The van der Waals surface area contributed by atoms with Crippen LogP contribution in [-0.4, -0.2) is 9.78 Å². The van der Waals surface area contributed by atoms with Crippen molar-refractivity contribution in [2.24, 2.45) is 0 Å². The zero-order valence-corrected chi connectivity index (χ0v) is 8.84. The molecule has 66 valence electrons. The number of aromatic nitrogens is 2. The maximum absolute atomic E-state index is 4.44. The van der Waals surface area contributed by atoms with Crippen LogP contribution in [0.25, 0.3) is 0 Å². The Hall–Kier alpha value is -0.310. The second kappa shape index (κ2) is 3.21. The summed E-state index contributed by atoms with van der Waals surface area (Å²) in [4.78, 5) is 0. The lowest BCUT2D eigenvalue weighted by atomic mass is 9.93. The minimum absolute atomic E-state index is 0.682. The molecule has 0 N–H and O–H groups in total. The highest BCUT2D eigenvalue weighted by molar-refractivity contribution is 9.10. The van der Waals surface area contributed by atoms with Crippen LogP contribution in [0, 0.1) is 0 Å². The van der Waals surface area contributed by atoms with Crippen LogP contribution < -0.4 is 0 Å². The van der Waals surface area contributed by atoms with Gasteiger partial charge in [-0.3, -0.25) is 4.68 Å². The fourth-order valence-electron chi connectivity index (χ4n) is 1.48. The fourth-order valence-corrected chi connectivity index (χ4v) is 2.05. The lowest BCUT2D eigenvalue weighted by molar-refractivity contribution is 0.288. The normalized spacial score (nSPS) is 17.8. The third kappa shape index (κ3) is 1.30. The largest absolute Gasteiger partial charge is 0.268 e. The summed E-state index contributed by atoms with van der Waals surface area (Å²) in [6.07, 6.45) is 7.21. The standard InChI is InChI=1S/C9H13BrN2/c1-2-7-6-12(11-9(7)10)8-4-3-5-8/h6,8H,2-5H2,1H3. The van der Waals surface area contributed by atoms with Crippen molar-refractivity contribution in [2.75, 3.05) is 0 Å². The van der Waals surface area contributed by atoms with E-state index in [2.05, 4.69) is 38.8 Å². The van der Waals surface area contributed by atoms with Gasteiger partial charge in [-0.1, -0.05) is 6.92 Å². The fraction of sp³-hybridized carbons (Fsp3) is 0.667. The highest BCUT2D eigenvalue weighted by Crippen LogP contribution is 2.32. The molecule has 0 aromatic carbocycles. The first kappa shape index (κ1) is 8.30. The van der Waals surface area contributed by atoms with E-state index in [1.807, 2.05) is 0 Å². The molecule has 3 heteroatoms. The van der Waals surface area contributed by atoms with E-state index in [4.69, 9.17) is 0 Å². The molecule has 0 aliphatic heterocycles. The molecule has 1 heterocycles. The Kier molecular flexibility index (Phi) is 2.22. The topological polar surface area (TPSA) is 17.8 Å². The number of rotatable bonds is 2. The highest BCUT2D eigenvalue weighted by atomic mass is 79.9. The van der Waals surface area contributed by atoms with E-state index in [1.165, 1.54) is 24.8 Å². The smallest absolute Gasteiger partial charge is 0.131 e. The summed E-state index contributed by atoms with van der Waals surface area (Å²) in [6.45, 7) is 2.16. The molecule has 1 fully saturated rings. The number of nitrogens with zero attached hydrogens (tertiary/aromatic N) is 2. The zero-order valence-electron chi connectivity index (χ0n) is 7.26. The first-order valence-electron chi connectivity index (χ1n) is 4.54. The third-order valence-corrected chi connectivity index (χ3v) is 3.25. The average Bonchev–Trinajstić information content (AvgIpc) is 2.27. The van der Waals surface area contributed by atoms with Gasteiger partial charge >= 0.3 is 0 Å². The Morgan fingerprint density at radius 3 is 2.83 bits per heavy atom. The van der Waals surface area contributed by atoms with Gasteiger partial charge in [0.25, 0.3) is 0 Å². The maximum atomic E-state index is 4.44. The van der Waals surface area contributed by atoms with Gasteiger partial charge in [0.2, 0.25) is 0 Å². The van der Waals surface area contributed by atoms with E-state index in [0.29, 0.717) is 6.04 Å². The summed E-state index contributed by atoms with van der Waals surface area (Å²) >= 11 is 3.47. The van der Waals surface area contributed by atoms with Gasteiger partial charge in [0.1, 0.15) is 4.60 Å². The van der Waals surface area contributed by atoms with Crippen LogP contribution in [0.2, 0.25) is 0 Å². The second-order valence-corrected chi connectivity index (χ2v) is 4.11. The summed E-state index contributed by atoms with van der Waals surface area (Å²) in [7, 11) is 0. The van der Waals surface area contributed by atoms with E-state index in [9.17, 15) is 0 Å². The van der Waals surface area contributed by atoms with E-state index in [1.54, 1.807) is 0 Å². The quantitative estimate of drug-likeness (QED) is 0.762. The Labute approximate surface area is 81.1 Å². The van der Waals surface area contributed by atoms with E-state index in [-0.39, 0.29) is 0 Å². The van der Waals surface area contributed by atoms with Gasteiger partial charge in [0, 0.05) is 11.8 Å². The molecule has 1 saturated carbocycles. The minimum Gasteiger partial charge on any atom is -0.268 e. The van der Waals surface area contributed by atoms with Crippen molar-refractivity contribution in [1.82, 2.24) is 9.78 Å². The van der Waals surface area contributed by atoms with Crippen molar-refractivity contribution < 1.29 is 0 Å². The molecule has 0 atom stereocenters. The average molecular weight is 229 g/mol. The van der Waals surface area contributed by atoms with Crippen molar-refractivity contribution in [3.05, 3.63) is 16.4 Å². The molecule has 1 aromatic rings. The third-order valence-electron chi connectivity index (χ3n) is 2.59. The van der Waals surface area contributed by atoms with Gasteiger partial charge in [-0.05, 0) is 41.6 Å². The van der Waals surface area contributed by atoms with Gasteiger partial charge in [-0.25, -0.2) is 0 Å². The second-order valence-electron chi connectivity index (χ2n) is 3.36. The van der Waals surface area contributed by atoms with Gasteiger partial charge in [0.15, 0.2) is 0 Å². The molecule has 0 saturated heterocycles. The summed E-state index contributed by atoms with van der Waals surface area (Å²) in [5.74, 6) is 0. The van der Waals surface area contributed by atoms with E-state index < -0.39 is 0 Å². The Morgan fingerprint density at radius 1 is 1.67 bits per heavy atom. The molecular weight excluding hydrogens is 216 g/mol. The van der Waals surface area contributed by atoms with Crippen LogP contribution in [0.3, 0.4) is 0 Å². The zero-order chi connectivity index (χ0) is 8.55. The van der Waals surface area contributed by atoms with Gasteiger partial charge < -0.3 is 0 Å². The van der Waals surface area contributed by atoms with Gasteiger partial charge in [0.05, 0.1) is 6.04 Å². The number of aryl methyl sites for hydroxylation is 1. The molecule has 0 radical (unpaired) electrons. The molecule has 0 amide bonds. The van der Waals surface area contributed by atoms with Crippen LogP contribution >= 0.6 is 15.9 Å². The maximum Gasteiger partial charge on any atom is 0.131 e. The summed E-state index contributed by atoms with van der Waals surface area (Å²) in [5.41, 5.74) is 1.32. The van der Waals surface area contributed by atoms with Crippen LogP contribution in [0.1, 0.15) is 37.8 Å². The van der Waals surface area contributed by atoms with Crippen molar-refractivity contribution in [3.63, 3.8) is 0 Å². The SMILES string of the molecule is CCc1cn(C2CCC2)nc1Br. The van der Waals surface area contributed by atoms with E-state index >= 15 is 0 Å². The summed E-state index contributed by atoms with van der Waals surface area (Å²) in [6, 6.07) is 0.682. The first-order valence-corrected chi connectivity index (χ1v) is 5.34. The molecule has 2 nitrogen and oxygen atoms in total. The molecule has 0 bridgehead atoms. The summed E-state index contributed by atoms with van der Waals surface area (Å²) < 4.78 is 3.14. The van der Waals surface area contributed by atoms with Crippen molar-refractivity contribution in [2.45, 2.75) is 38.6 Å². The predicted molar refractivity (Wildman–Crippen MR) is 52.2 cm³/mol. The molecule has 1 aliphatic rings. The van der Waals surface area contributed by atoms with E-state index in [0.717, 1.165) is 11.0 Å². The van der Waals surface area contributed by atoms with Crippen LogP contribution in [0.5, 0.6) is 0 Å². The number of hydrogen-bond donors (Lipinski definition) is 0. The van der Waals surface area contributed by atoms with Gasteiger partial charge in [-0.2, -0.15) is 5.10 Å². The minimum atomic E-state index is 0.682. The molecule has 0 unspecified atom stereocenters. The monoisotopic (exact) mass is 228 g/mol. The highest BCUT2D eigenvalue weighted by Gasteiger charge is 2.20. The molecule has 2 rings (SSSR count). The molecule has 1 aliphatic carbocycles. The predicted octanol–water partition coefficient (Wildman–Crippen LogP) is 2.93. The number of hydrogen-bond acceptors (Lipinski definition) is 1. The molecule has 0 spiro atoms.